The molecule has 0 radical (unpaired) electrons. The molecule has 1 N–H and O–H groups in total. The van der Waals surface area contributed by atoms with Crippen LogP contribution in [0.2, 0.25) is 0 Å². The first-order valence-electron chi connectivity index (χ1n) is 10.1. The Kier molecular flexibility index (Phi) is 7.06. The molecule has 0 bridgehead atoms. The predicted molar refractivity (Wildman–Crippen MR) is 113 cm³/mol. The first-order valence-corrected chi connectivity index (χ1v) is 10.1. The van der Waals surface area contributed by atoms with Crippen molar-refractivity contribution in [2.24, 2.45) is 0 Å². The van der Waals surface area contributed by atoms with Gasteiger partial charge in [-0.3, -0.25) is 4.79 Å². The number of aromatic nitrogens is 2. The third-order valence-electron chi connectivity index (χ3n) is 4.96. The van der Waals surface area contributed by atoms with Gasteiger partial charge in [-0.2, -0.15) is 0 Å². The number of nitrogens with one attached hydrogen (secondary N) is 1. The number of benzene rings is 2. The number of unbranched alkanes of at least 4 members (excludes halogenated alkanes) is 4. The lowest BCUT2D eigenvalue weighted by atomic mass is 10.1. The van der Waals surface area contributed by atoms with Gasteiger partial charge in [-0.15, -0.1) is 0 Å². The third-order valence-corrected chi connectivity index (χ3v) is 4.96. The topological polar surface area (TPSA) is 56.2 Å². The molecule has 0 saturated heterocycles. The Morgan fingerprint density at radius 2 is 1.89 bits per heavy atom. The Morgan fingerprint density at radius 1 is 1.07 bits per heavy atom. The Labute approximate surface area is 166 Å². The maximum atomic E-state index is 12.5. The molecule has 0 atom stereocenters. The van der Waals surface area contributed by atoms with Gasteiger partial charge < -0.3 is 14.6 Å². The minimum atomic E-state index is -0.125. The van der Waals surface area contributed by atoms with Gasteiger partial charge in [0.2, 0.25) is 0 Å². The van der Waals surface area contributed by atoms with Crippen molar-refractivity contribution in [3.05, 3.63) is 59.9 Å². The fourth-order valence-electron chi connectivity index (χ4n) is 3.41. The number of ether oxygens (including phenoxy) is 1. The number of nitrogens with zero attached hydrogens (tertiary/aromatic N) is 2. The fraction of sp³-hybridized carbons (Fsp3) is 0.391. The lowest BCUT2D eigenvalue weighted by molar-refractivity contribution is 0.0949. The van der Waals surface area contributed by atoms with E-state index in [-0.39, 0.29) is 5.91 Å². The van der Waals surface area contributed by atoms with Crippen molar-refractivity contribution in [3.63, 3.8) is 0 Å². The Balaban J connectivity index is 1.70. The molecule has 5 nitrogen and oxygen atoms in total. The fourth-order valence-corrected chi connectivity index (χ4v) is 3.41. The molecule has 3 rings (SSSR count). The normalized spacial score (nSPS) is 10.9. The average Bonchev–Trinajstić information content (AvgIpc) is 3.09. The van der Waals surface area contributed by atoms with Crippen LogP contribution in [-0.2, 0) is 13.1 Å². The van der Waals surface area contributed by atoms with Gasteiger partial charge in [0.05, 0.1) is 24.7 Å². The summed E-state index contributed by atoms with van der Waals surface area (Å²) in [6, 6.07) is 15.3. The van der Waals surface area contributed by atoms with Gasteiger partial charge >= 0.3 is 0 Å². The number of hydrogen-bond donors (Lipinski definition) is 1. The van der Waals surface area contributed by atoms with Crippen molar-refractivity contribution in [2.75, 3.05) is 7.11 Å². The van der Waals surface area contributed by atoms with Crippen LogP contribution >= 0.6 is 0 Å². The number of para-hydroxylation sites is 2. The van der Waals surface area contributed by atoms with Crippen molar-refractivity contribution >= 4 is 16.9 Å². The second kappa shape index (κ2) is 9.93. The van der Waals surface area contributed by atoms with Crippen LogP contribution in [0.3, 0.4) is 0 Å². The van der Waals surface area contributed by atoms with Crippen LogP contribution in [0.15, 0.2) is 48.5 Å². The predicted octanol–water partition coefficient (Wildman–Crippen LogP) is 4.95. The minimum Gasteiger partial charge on any atom is -0.497 e. The van der Waals surface area contributed by atoms with Crippen molar-refractivity contribution < 1.29 is 9.53 Å². The number of imidazole rings is 1. The molecule has 0 aliphatic carbocycles. The zero-order valence-electron chi connectivity index (χ0n) is 16.8. The molecule has 0 aliphatic heterocycles. The van der Waals surface area contributed by atoms with Gasteiger partial charge in [0.1, 0.15) is 11.6 Å². The maximum Gasteiger partial charge on any atom is 0.251 e. The Hall–Kier alpha value is -2.82. The molecule has 1 heterocycles. The number of carbonyl (C=O) groups excluding carboxylic acids is 1. The van der Waals surface area contributed by atoms with E-state index in [9.17, 15) is 4.79 Å². The summed E-state index contributed by atoms with van der Waals surface area (Å²) in [6.45, 7) is 3.56. The lowest BCUT2D eigenvalue weighted by Gasteiger charge is -2.11. The van der Waals surface area contributed by atoms with E-state index in [1.165, 1.54) is 25.7 Å². The number of aryl methyl sites for hydroxylation is 1. The van der Waals surface area contributed by atoms with Crippen LogP contribution in [0.1, 0.15) is 55.2 Å². The highest BCUT2D eigenvalue weighted by Crippen LogP contribution is 2.18. The highest BCUT2D eigenvalue weighted by atomic mass is 16.5. The number of fused-ring (bicyclic) bond motifs is 1. The van der Waals surface area contributed by atoms with Crippen molar-refractivity contribution in [2.45, 2.75) is 52.1 Å². The van der Waals surface area contributed by atoms with Crippen LogP contribution in [0.4, 0.5) is 0 Å². The molecule has 0 spiro atoms. The van der Waals surface area contributed by atoms with E-state index in [0.717, 1.165) is 29.8 Å². The first kappa shape index (κ1) is 19.9. The van der Waals surface area contributed by atoms with Crippen LogP contribution in [-0.4, -0.2) is 22.6 Å². The molecule has 1 aromatic heterocycles. The molecule has 2 aromatic carbocycles. The molecule has 0 aliphatic rings. The summed E-state index contributed by atoms with van der Waals surface area (Å²) in [6.07, 6.45) is 6.14. The number of amides is 1. The van der Waals surface area contributed by atoms with Gasteiger partial charge in [-0.05, 0) is 36.8 Å². The Morgan fingerprint density at radius 3 is 2.71 bits per heavy atom. The number of carbonyl (C=O) groups is 1. The second-order valence-electron chi connectivity index (χ2n) is 7.00. The maximum absolute atomic E-state index is 12.5. The summed E-state index contributed by atoms with van der Waals surface area (Å²) in [4.78, 5) is 17.3. The zero-order chi connectivity index (χ0) is 19.8. The average molecular weight is 380 g/mol. The highest BCUT2D eigenvalue weighted by Gasteiger charge is 2.12. The van der Waals surface area contributed by atoms with Crippen molar-refractivity contribution in [1.82, 2.24) is 14.9 Å². The summed E-state index contributed by atoms with van der Waals surface area (Å²) >= 11 is 0. The van der Waals surface area contributed by atoms with E-state index in [0.29, 0.717) is 17.9 Å². The standard InChI is InChI=1S/C23H29N3O2/c1-3-4-5-6-9-15-26-21-14-8-7-13-20(21)25-22(26)17-24-23(27)18-11-10-12-19(16-18)28-2/h7-8,10-14,16H,3-6,9,15,17H2,1-2H3,(H,24,27). The molecule has 148 valence electrons. The van der Waals surface area contributed by atoms with Crippen LogP contribution < -0.4 is 10.1 Å². The van der Waals surface area contributed by atoms with Gasteiger partial charge in [-0.25, -0.2) is 4.98 Å². The SMILES string of the molecule is CCCCCCCn1c(CNC(=O)c2cccc(OC)c2)nc2ccccc21. The molecule has 1 amide bonds. The number of rotatable bonds is 10. The smallest absolute Gasteiger partial charge is 0.251 e. The largest absolute Gasteiger partial charge is 0.497 e. The lowest BCUT2D eigenvalue weighted by Crippen LogP contribution is -2.24. The zero-order valence-corrected chi connectivity index (χ0v) is 16.8. The van der Waals surface area contributed by atoms with E-state index in [2.05, 4.69) is 22.9 Å². The first-order chi connectivity index (χ1) is 13.7. The van der Waals surface area contributed by atoms with Crippen molar-refractivity contribution in [1.29, 1.82) is 0 Å². The molecule has 0 fully saturated rings. The summed E-state index contributed by atoms with van der Waals surface area (Å²) in [7, 11) is 1.60. The van der Waals surface area contributed by atoms with Gasteiger partial charge in [0, 0.05) is 12.1 Å². The third kappa shape index (κ3) is 4.91. The second-order valence-corrected chi connectivity index (χ2v) is 7.00. The van der Waals surface area contributed by atoms with Gasteiger partial charge in [0.25, 0.3) is 5.91 Å². The van der Waals surface area contributed by atoms with Crippen LogP contribution in [0.5, 0.6) is 5.75 Å². The number of hydrogen-bond acceptors (Lipinski definition) is 3. The summed E-state index contributed by atoms with van der Waals surface area (Å²) in [5.74, 6) is 1.44. The summed E-state index contributed by atoms with van der Waals surface area (Å²) < 4.78 is 7.45. The van der Waals surface area contributed by atoms with Gasteiger partial charge in [0.15, 0.2) is 0 Å². The number of methoxy groups -OCH3 is 1. The molecule has 5 heteroatoms. The summed E-state index contributed by atoms with van der Waals surface area (Å²) in [5, 5.41) is 3.00. The van der Waals surface area contributed by atoms with Crippen LogP contribution in [0, 0.1) is 0 Å². The Bertz CT molecular complexity index is 917. The quantitative estimate of drug-likeness (QED) is 0.507. The van der Waals surface area contributed by atoms with E-state index in [4.69, 9.17) is 9.72 Å². The van der Waals surface area contributed by atoms with E-state index in [1.54, 1.807) is 19.2 Å². The molecular formula is C23H29N3O2. The van der Waals surface area contributed by atoms with Crippen molar-refractivity contribution in [3.8, 4) is 5.75 Å². The van der Waals surface area contributed by atoms with Crippen LogP contribution in [0.25, 0.3) is 11.0 Å². The van der Waals surface area contributed by atoms with E-state index >= 15 is 0 Å². The van der Waals surface area contributed by atoms with E-state index in [1.807, 2.05) is 30.3 Å². The van der Waals surface area contributed by atoms with Gasteiger partial charge in [-0.1, -0.05) is 50.8 Å². The molecular weight excluding hydrogens is 350 g/mol. The molecule has 0 saturated carbocycles. The molecule has 28 heavy (non-hydrogen) atoms. The highest BCUT2D eigenvalue weighted by molar-refractivity contribution is 5.94. The minimum absolute atomic E-state index is 0.125. The monoisotopic (exact) mass is 379 g/mol. The molecule has 3 aromatic rings. The van der Waals surface area contributed by atoms with E-state index < -0.39 is 0 Å². The summed E-state index contributed by atoms with van der Waals surface area (Å²) in [5.41, 5.74) is 2.69. The molecule has 0 unspecified atom stereocenters.